The molecule has 1 rings (SSSR count). The molecule has 0 bridgehead atoms. The summed E-state index contributed by atoms with van der Waals surface area (Å²) in [5.74, 6) is 0. The Balaban J connectivity index is 0. The van der Waals surface area contributed by atoms with Crippen LogP contribution in [0.5, 0.6) is 0 Å². The van der Waals surface area contributed by atoms with Gasteiger partial charge in [-0.15, -0.1) is 0 Å². The summed E-state index contributed by atoms with van der Waals surface area (Å²) in [6.45, 7) is 33.2. The average Bonchev–Trinajstić information content (AvgIpc) is 2.48. The van der Waals surface area contributed by atoms with E-state index in [-0.39, 0.29) is 32.9 Å². The molecular formula is C24H45FeNOP2. The van der Waals surface area contributed by atoms with Crippen molar-refractivity contribution in [2.75, 3.05) is 0 Å². The van der Waals surface area contributed by atoms with Gasteiger partial charge in [0.25, 0.3) is 0 Å². The van der Waals surface area contributed by atoms with Gasteiger partial charge in [-0.1, -0.05) is 105 Å². The molecule has 0 atom stereocenters. The first-order chi connectivity index (χ1) is 12.4. The van der Waals surface area contributed by atoms with Crippen LogP contribution >= 0.6 is 15.8 Å². The van der Waals surface area contributed by atoms with Crippen molar-refractivity contribution in [1.29, 1.82) is 0 Å². The molecule has 0 spiro atoms. The normalized spacial score (nSPS) is 13.0. The number of hydrogen-bond donors (Lipinski definition) is 0. The van der Waals surface area contributed by atoms with Crippen LogP contribution in [0.3, 0.4) is 0 Å². The third-order valence-electron chi connectivity index (χ3n) is 4.74. The van der Waals surface area contributed by atoms with Crippen molar-refractivity contribution in [1.82, 2.24) is 4.98 Å². The Morgan fingerprint density at radius 3 is 1.10 bits per heavy atom. The average molecular weight is 481 g/mol. The first kappa shape index (κ1) is 31.5. The number of hydrogen-bond acceptors (Lipinski definition) is 1. The zero-order chi connectivity index (χ0) is 22.6. The van der Waals surface area contributed by atoms with Crippen molar-refractivity contribution in [3.05, 3.63) is 36.2 Å². The molecule has 5 heteroatoms. The third kappa shape index (κ3) is 10.9. The van der Waals surface area contributed by atoms with Crippen LogP contribution in [0.25, 0.3) is 0 Å². The second-order valence-corrected chi connectivity index (χ2v) is 19.2. The molecule has 1 heterocycles. The first-order valence-electron chi connectivity index (χ1n) is 10.1. The van der Waals surface area contributed by atoms with Gasteiger partial charge in [0.15, 0.2) is 0 Å². The zero-order valence-corrected chi connectivity index (χ0v) is 23.9. The standard InChI is InChI=1S/C23H43NP2.CO.Fe.2H/c1-20(2,3)25(21(4,5)6)16-18-14-13-15-19(24-18)17-26(22(7,8)9)23(10,11)12;1-2;;;/h13-15H,16-17H2,1-12H3;;;;. The van der Waals surface area contributed by atoms with E-state index in [1.807, 2.05) is 0 Å². The summed E-state index contributed by atoms with van der Waals surface area (Å²) in [5.41, 5.74) is 2.58. The molecule has 0 saturated heterocycles. The number of nitrogens with zero attached hydrogens (tertiary/aromatic N) is 1. The van der Waals surface area contributed by atoms with Crippen LogP contribution in [-0.4, -0.2) is 25.6 Å². The van der Waals surface area contributed by atoms with Crippen LogP contribution in [0, 0.1) is 6.65 Å². The monoisotopic (exact) mass is 481 g/mol. The van der Waals surface area contributed by atoms with Crippen molar-refractivity contribution in [2.24, 2.45) is 0 Å². The number of rotatable bonds is 4. The molecule has 0 N–H and O–H groups in total. The van der Waals surface area contributed by atoms with Crippen LogP contribution in [0.1, 0.15) is 94.5 Å². The Hall–Kier alpha value is 0.269. The molecule has 2 nitrogen and oxygen atoms in total. The van der Waals surface area contributed by atoms with Crippen LogP contribution < -0.4 is 0 Å². The molecule has 0 aromatic carbocycles. The minimum absolute atomic E-state index is 0. The molecule has 0 aliphatic rings. The second-order valence-electron chi connectivity index (χ2n) is 11.5. The van der Waals surface area contributed by atoms with E-state index in [9.17, 15) is 0 Å². The van der Waals surface area contributed by atoms with Crippen LogP contribution in [0.15, 0.2) is 18.2 Å². The van der Waals surface area contributed by atoms with Crippen molar-refractivity contribution >= 4 is 15.8 Å². The van der Waals surface area contributed by atoms with E-state index >= 15 is 0 Å². The Bertz CT molecular complexity index is 554. The Morgan fingerprint density at radius 2 is 0.897 bits per heavy atom. The Labute approximate surface area is 194 Å². The fraction of sp³-hybridized carbons (Fsp3) is 0.750. The molecule has 1 aromatic heterocycles. The van der Waals surface area contributed by atoms with E-state index in [1.165, 1.54) is 11.4 Å². The summed E-state index contributed by atoms with van der Waals surface area (Å²) in [6, 6.07) is 6.72. The second kappa shape index (κ2) is 11.8. The third-order valence-corrected chi connectivity index (χ3v) is 12.5. The van der Waals surface area contributed by atoms with Crippen LogP contribution in [0.4, 0.5) is 0 Å². The van der Waals surface area contributed by atoms with E-state index in [2.05, 4.69) is 108 Å². The van der Waals surface area contributed by atoms with Gasteiger partial charge in [-0.2, -0.15) is 0 Å². The molecule has 0 unspecified atom stereocenters. The summed E-state index contributed by atoms with van der Waals surface area (Å²) in [5, 5.41) is 1.37. The van der Waals surface area contributed by atoms with Gasteiger partial charge in [0.1, 0.15) is 0 Å². The predicted molar refractivity (Wildman–Crippen MR) is 131 cm³/mol. The summed E-state index contributed by atoms with van der Waals surface area (Å²) >= 11 is 0. The molecule has 0 saturated carbocycles. The molecule has 0 aliphatic heterocycles. The van der Waals surface area contributed by atoms with Crippen LogP contribution in [-0.2, 0) is 34.0 Å². The molecule has 170 valence electrons. The van der Waals surface area contributed by atoms with Gasteiger partial charge in [-0.25, -0.2) is 0 Å². The van der Waals surface area contributed by atoms with Gasteiger partial charge in [0.05, 0.1) is 0 Å². The van der Waals surface area contributed by atoms with Crippen molar-refractivity contribution in [2.45, 2.75) is 116 Å². The summed E-state index contributed by atoms with van der Waals surface area (Å²) in [6.07, 6.45) is 2.25. The summed E-state index contributed by atoms with van der Waals surface area (Å²) in [7, 11) is -0.308. The summed E-state index contributed by atoms with van der Waals surface area (Å²) in [4.78, 5) is 5.14. The van der Waals surface area contributed by atoms with Gasteiger partial charge in [0, 0.05) is 23.7 Å². The Morgan fingerprint density at radius 1 is 0.655 bits per heavy atom. The number of pyridine rings is 1. The zero-order valence-electron chi connectivity index (χ0n) is 20.8. The van der Waals surface area contributed by atoms with Gasteiger partial charge in [0.2, 0.25) is 0 Å². The molecular weight excluding hydrogens is 436 g/mol. The minimum atomic E-state index is -0.154. The van der Waals surface area contributed by atoms with E-state index in [4.69, 9.17) is 9.64 Å². The SMILES string of the molecule is CC(C)(C)P(Cc1cccc(CP(C(C)(C)C)C(C)(C)C)n1)C(C)(C)C.[C-]#[O+].[FeH2]. The van der Waals surface area contributed by atoms with Gasteiger partial charge >= 0.3 is 28.4 Å². The van der Waals surface area contributed by atoms with E-state index < -0.39 is 0 Å². The van der Waals surface area contributed by atoms with Crippen molar-refractivity contribution in [3.8, 4) is 0 Å². The molecule has 0 aliphatic carbocycles. The topological polar surface area (TPSA) is 32.8 Å². The molecule has 1 aromatic rings. The quantitative estimate of drug-likeness (QED) is 0.188. The molecule has 0 radical (unpaired) electrons. The maximum absolute atomic E-state index is 7.50. The van der Waals surface area contributed by atoms with Crippen LogP contribution in [0.2, 0.25) is 0 Å². The molecule has 0 amide bonds. The Kier molecular flexibility index (Phi) is 12.8. The predicted octanol–water partition coefficient (Wildman–Crippen LogP) is 7.66. The van der Waals surface area contributed by atoms with Gasteiger partial charge in [-0.3, -0.25) is 4.98 Å². The molecule has 0 fully saturated rings. The van der Waals surface area contributed by atoms with Crippen molar-refractivity contribution < 1.29 is 21.7 Å². The van der Waals surface area contributed by atoms with E-state index in [0.717, 1.165) is 12.3 Å². The van der Waals surface area contributed by atoms with Gasteiger partial charge in [-0.05, 0) is 32.8 Å². The fourth-order valence-electron chi connectivity index (χ4n) is 3.99. The molecule has 29 heavy (non-hydrogen) atoms. The van der Waals surface area contributed by atoms with E-state index in [0.29, 0.717) is 20.6 Å². The van der Waals surface area contributed by atoms with Gasteiger partial charge < -0.3 is 0 Å². The maximum atomic E-state index is 7.50. The summed E-state index contributed by atoms with van der Waals surface area (Å²) < 4.78 is 7.50. The number of aromatic nitrogens is 1. The first-order valence-corrected chi connectivity index (χ1v) is 13.2. The fourth-order valence-corrected chi connectivity index (χ4v) is 10.9. The van der Waals surface area contributed by atoms with E-state index in [1.54, 1.807) is 0 Å². The van der Waals surface area contributed by atoms with Crippen molar-refractivity contribution in [3.63, 3.8) is 0 Å².